The molecule has 3 heteroatoms. The molecule has 0 bridgehead atoms. The van der Waals surface area contributed by atoms with E-state index in [0.717, 1.165) is 26.2 Å². The topological polar surface area (TPSA) is 32.3 Å². The van der Waals surface area contributed by atoms with Crippen LogP contribution in [0.2, 0.25) is 0 Å². The van der Waals surface area contributed by atoms with Crippen molar-refractivity contribution in [1.29, 1.82) is 0 Å². The Kier molecular flexibility index (Phi) is 14.1. The fourth-order valence-corrected chi connectivity index (χ4v) is 0.980. The van der Waals surface area contributed by atoms with Crippen molar-refractivity contribution in [1.82, 2.24) is 10.2 Å². The van der Waals surface area contributed by atoms with Crippen LogP contribution in [0.15, 0.2) is 0 Å². The summed E-state index contributed by atoms with van der Waals surface area (Å²) in [6, 6.07) is 0. The predicted molar refractivity (Wildman–Crippen MR) is 62.4 cm³/mol. The lowest BCUT2D eigenvalue weighted by Gasteiger charge is -2.25. The summed E-state index contributed by atoms with van der Waals surface area (Å²) in [6.07, 6.45) is 1.25. The van der Waals surface area contributed by atoms with Gasteiger partial charge in [-0.25, -0.2) is 0 Å². The Labute approximate surface area is 88.9 Å². The number of piperazine rings is 1. The lowest BCUT2D eigenvalue weighted by molar-refractivity contribution is -0.129. The van der Waals surface area contributed by atoms with E-state index in [2.05, 4.69) is 19.2 Å². The van der Waals surface area contributed by atoms with Gasteiger partial charge in [-0.05, 0) is 0 Å². The SMILES string of the molecule is CC.CC(=O)N1CCNCC1.CCC. The van der Waals surface area contributed by atoms with Crippen LogP contribution < -0.4 is 5.32 Å². The van der Waals surface area contributed by atoms with Gasteiger partial charge < -0.3 is 10.2 Å². The molecule has 0 atom stereocenters. The summed E-state index contributed by atoms with van der Waals surface area (Å²) in [4.78, 5) is 12.6. The highest BCUT2D eigenvalue weighted by atomic mass is 16.2. The average Bonchev–Trinajstić information content (AvgIpc) is 2.23. The molecule has 14 heavy (non-hydrogen) atoms. The van der Waals surface area contributed by atoms with Crippen LogP contribution in [-0.4, -0.2) is 37.0 Å². The Morgan fingerprint density at radius 2 is 1.57 bits per heavy atom. The lowest BCUT2D eigenvalue weighted by atomic mass is 10.4. The van der Waals surface area contributed by atoms with Crippen LogP contribution in [0, 0.1) is 0 Å². The van der Waals surface area contributed by atoms with Crippen molar-refractivity contribution in [3.8, 4) is 0 Å². The number of nitrogens with zero attached hydrogens (tertiary/aromatic N) is 1. The summed E-state index contributed by atoms with van der Waals surface area (Å²) in [7, 11) is 0. The monoisotopic (exact) mass is 202 g/mol. The first-order valence-corrected chi connectivity index (χ1v) is 5.68. The normalized spacial score (nSPS) is 14.5. The molecule has 1 saturated heterocycles. The molecule has 86 valence electrons. The Morgan fingerprint density at radius 3 is 1.79 bits per heavy atom. The molecule has 0 aromatic carbocycles. The number of hydrogen-bond donors (Lipinski definition) is 1. The van der Waals surface area contributed by atoms with Gasteiger partial charge in [-0.1, -0.05) is 34.1 Å². The Bertz CT molecular complexity index is 120. The summed E-state index contributed by atoms with van der Waals surface area (Å²) in [6.45, 7) is 13.5. The second-order valence-corrected chi connectivity index (χ2v) is 2.96. The van der Waals surface area contributed by atoms with E-state index in [-0.39, 0.29) is 5.91 Å². The molecule has 0 aliphatic carbocycles. The number of amides is 1. The van der Waals surface area contributed by atoms with Crippen LogP contribution in [0.25, 0.3) is 0 Å². The fourth-order valence-electron chi connectivity index (χ4n) is 0.980. The lowest BCUT2D eigenvalue weighted by Crippen LogP contribution is -2.45. The Hall–Kier alpha value is -0.570. The van der Waals surface area contributed by atoms with Crippen LogP contribution >= 0.6 is 0 Å². The molecule has 1 fully saturated rings. The quantitative estimate of drug-likeness (QED) is 0.650. The second-order valence-electron chi connectivity index (χ2n) is 2.96. The van der Waals surface area contributed by atoms with E-state index >= 15 is 0 Å². The number of rotatable bonds is 0. The smallest absolute Gasteiger partial charge is 0.219 e. The predicted octanol–water partition coefficient (Wildman–Crippen LogP) is 1.88. The Morgan fingerprint density at radius 1 is 1.21 bits per heavy atom. The minimum Gasteiger partial charge on any atom is -0.340 e. The van der Waals surface area contributed by atoms with Crippen molar-refractivity contribution in [3.63, 3.8) is 0 Å². The molecule has 1 heterocycles. The van der Waals surface area contributed by atoms with Crippen molar-refractivity contribution in [3.05, 3.63) is 0 Å². The van der Waals surface area contributed by atoms with E-state index in [0.29, 0.717) is 0 Å². The highest BCUT2D eigenvalue weighted by molar-refractivity contribution is 5.73. The molecular formula is C11H26N2O. The largest absolute Gasteiger partial charge is 0.340 e. The van der Waals surface area contributed by atoms with Crippen molar-refractivity contribution in [2.45, 2.75) is 41.0 Å². The molecular weight excluding hydrogens is 176 g/mol. The van der Waals surface area contributed by atoms with Crippen LogP contribution in [0.1, 0.15) is 41.0 Å². The molecule has 3 nitrogen and oxygen atoms in total. The third-order valence-electron chi connectivity index (χ3n) is 1.56. The second kappa shape index (κ2) is 12.4. The number of carbonyl (C=O) groups excluding carboxylic acids is 1. The molecule has 0 radical (unpaired) electrons. The van der Waals surface area contributed by atoms with E-state index in [1.807, 2.05) is 18.7 Å². The van der Waals surface area contributed by atoms with E-state index in [4.69, 9.17) is 0 Å². The van der Waals surface area contributed by atoms with Gasteiger partial charge in [-0.2, -0.15) is 0 Å². The van der Waals surface area contributed by atoms with Gasteiger partial charge in [0.05, 0.1) is 0 Å². The summed E-state index contributed by atoms with van der Waals surface area (Å²) in [5, 5.41) is 3.18. The molecule has 0 spiro atoms. The first-order valence-electron chi connectivity index (χ1n) is 5.68. The first-order chi connectivity index (χ1) is 6.72. The van der Waals surface area contributed by atoms with Gasteiger partial charge in [-0.15, -0.1) is 0 Å². The zero-order chi connectivity index (χ0) is 11.4. The molecule has 0 saturated carbocycles. The highest BCUT2D eigenvalue weighted by Crippen LogP contribution is 1.90. The molecule has 1 rings (SSSR count). The molecule has 1 N–H and O–H groups in total. The first kappa shape index (κ1) is 15.9. The van der Waals surface area contributed by atoms with Gasteiger partial charge in [0.1, 0.15) is 0 Å². The maximum absolute atomic E-state index is 10.7. The minimum atomic E-state index is 0.191. The van der Waals surface area contributed by atoms with Gasteiger partial charge in [0, 0.05) is 33.1 Å². The van der Waals surface area contributed by atoms with E-state index in [1.165, 1.54) is 6.42 Å². The summed E-state index contributed by atoms with van der Waals surface area (Å²) < 4.78 is 0. The summed E-state index contributed by atoms with van der Waals surface area (Å²) >= 11 is 0. The Balaban J connectivity index is 0. The zero-order valence-corrected chi connectivity index (χ0v) is 10.4. The maximum atomic E-state index is 10.7. The van der Waals surface area contributed by atoms with Crippen LogP contribution in [0.5, 0.6) is 0 Å². The molecule has 0 aromatic heterocycles. The van der Waals surface area contributed by atoms with Crippen molar-refractivity contribution in [2.75, 3.05) is 26.2 Å². The number of hydrogen-bond acceptors (Lipinski definition) is 2. The molecule has 1 aliphatic heterocycles. The van der Waals surface area contributed by atoms with E-state index in [1.54, 1.807) is 6.92 Å². The van der Waals surface area contributed by atoms with Crippen molar-refractivity contribution < 1.29 is 4.79 Å². The van der Waals surface area contributed by atoms with E-state index in [9.17, 15) is 4.79 Å². The van der Waals surface area contributed by atoms with Crippen LogP contribution in [0.3, 0.4) is 0 Å². The standard InChI is InChI=1S/C6H12N2O.C3H8.C2H6/c1-6(9)8-4-2-7-3-5-8;1-3-2;1-2/h7H,2-5H2,1H3;3H2,1-2H3;1-2H3. The van der Waals surface area contributed by atoms with E-state index < -0.39 is 0 Å². The number of nitrogens with one attached hydrogen (secondary N) is 1. The minimum absolute atomic E-state index is 0.191. The average molecular weight is 202 g/mol. The molecule has 1 aliphatic rings. The zero-order valence-electron chi connectivity index (χ0n) is 10.4. The highest BCUT2D eigenvalue weighted by Gasteiger charge is 2.10. The van der Waals surface area contributed by atoms with Crippen molar-refractivity contribution >= 4 is 5.91 Å². The van der Waals surface area contributed by atoms with Crippen LogP contribution in [-0.2, 0) is 4.79 Å². The van der Waals surface area contributed by atoms with Crippen LogP contribution in [0.4, 0.5) is 0 Å². The van der Waals surface area contributed by atoms with Gasteiger partial charge in [0.25, 0.3) is 0 Å². The summed E-state index contributed by atoms with van der Waals surface area (Å²) in [5.41, 5.74) is 0. The van der Waals surface area contributed by atoms with Gasteiger partial charge in [-0.3, -0.25) is 4.79 Å². The third kappa shape index (κ3) is 9.52. The summed E-state index contributed by atoms with van der Waals surface area (Å²) in [5.74, 6) is 0.191. The molecule has 0 aromatic rings. The molecule has 1 amide bonds. The van der Waals surface area contributed by atoms with Gasteiger partial charge >= 0.3 is 0 Å². The third-order valence-corrected chi connectivity index (χ3v) is 1.56. The van der Waals surface area contributed by atoms with Gasteiger partial charge in [0.15, 0.2) is 0 Å². The fraction of sp³-hybridized carbons (Fsp3) is 0.909. The van der Waals surface area contributed by atoms with Gasteiger partial charge in [0.2, 0.25) is 5.91 Å². The number of carbonyl (C=O) groups is 1. The van der Waals surface area contributed by atoms with Crippen molar-refractivity contribution in [2.24, 2.45) is 0 Å². The maximum Gasteiger partial charge on any atom is 0.219 e. The molecule has 0 unspecified atom stereocenters.